The highest BCUT2D eigenvalue weighted by Gasteiger charge is 2.36. The monoisotopic (exact) mass is 874 g/mol. The van der Waals surface area contributed by atoms with E-state index < -0.39 is 5.54 Å². The van der Waals surface area contributed by atoms with E-state index >= 15 is 0 Å². The van der Waals surface area contributed by atoms with E-state index in [-0.39, 0.29) is 30.6 Å². The van der Waals surface area contributed by atoms with Crippen molar-refractivity contribution in [2.75, 3.05) is 50.2 Å². The largest absolute Gasteiger partial charge is 0.506 e. The summed E-state index contributed by atoms with van der Waals surface area (Å²) in [5.74, 6) is 1.02. The van der Waals surface area contributed by atoms with Gasteiger partial charge in [-0.1, -0.05) is 15.9 Å². The van der Waals surface area contributed by atoms with Crippen LogP contribution in [0.2, 0.25) is 0 Å². The molecule has 0 fully saturated rings. The van der Waals surface area contributed by atoms with E-state index in [9.17, 15) is 14.7 Å². The van der Waals surface area contributed by atoms with Gasteiger partial charge >= 0.3 is 0 Å². The van der Waals surface area contributed by atoms with Crippen molar-refractivity contribution >= 4 is 93.4 Å². The molecule has 4 aromatic rings. The standard InChI is InChI=1S/C35H33Br3N4O6S/c1-35(19-31(43)41-34-39-7-12-49-34)25-18-30(29(46-2)16-21(25)5-6-40-35)48-11-10-47-9-8-42-28-4-3-22(36)17-23(28)24(33(42)45)13-20-14-26(37)32(44)27(38)15-20/h3-4,7,12-18,40,44H,5-6,8-11,19H2,1-2H3,(H,39,41,43)/b24-13-. The van der Waals surface area contributed by atoms with Crippen LogP contribution < -0.4 is 25.0 Å². The first-order chi connectivity index (χ1) is 23.6. The number of hydrogen-bond donors (Lipinski definition) is 3. The minimum absolute atomic E-state index is 0.0961. The van der Waals surface area contributed by atoms with E-state index in [1.54, 1.807) is 30.3 Å². The number of thiazole rings is 1. The summed E-state index contributed by atoms with van der Waals surface area (Å²) >= 11 is 11.6. The lowest BCUT2D eigenvalue weighted by atomic mass is 9.81. The summed E-state index contributed by atoms with van der Waals surface area (Å²) in [5, 5.41) is 18.9. The quantitative estimate of drug-likeness (QED) is 0.0988. The van der Waals surface area contributed by atoms with Crippen LogP contribution >= 0.6 is 59.1 Å². The molecule has 0 saturated carbocycles. The SMILES string of the molecule is COc1cc2c(cc1OCCOCCN1C(=O)/C(=C\c3cc(Br)c(O)c(Br)c3)c3cc(Br)ccc31)C(C)(CC(=O)Nc1nccs1)NCC2. The minimum Gasteiger partial charge on any atom is -0.506 e. The maximum absolute atomic E-state index is 13.6. The number of anilines is 2. The Balaban J connectivity index is 1.08. The van der Waals surface area contributed by atoms with Gasteiger partial charge in [-0.3, -0.25) is 9.59 Å². The molecule has 2 amide bonds. The normalized spacial score (nSPS) is 17.6. The molecule has 0 bridgehead atoms. The number of aromatic nitrogens is 1. The number of halogens is 3. The predicted molar refractivity (Wildman–Crippen MR) is 202 cm³/mol. The molecule has 0 aliphatic carbocycles. The number of phenolic OH excluding ortho intramolecular Hbond substituents is 1. The molecule has 6 rings (SSSR count). The first-order valence-electron chi connectivity index (χ1n) is 15.4. The van der Waals surface area contributed by atoms with Crippen LogP contribution in [0.5, 0.6) is 17.2 Å². The smallest absolute Gasteiger partial charge is 0.259 e. The average molecular weight is 877 g/mol. The van der Waals surface area contributed by atoms with Crippen LogP contribution in [0.4, 0.5) is 10.8 Å². The Morgan fingerprint density at radius 2 is 1.92 bits per heavy atom. The number of carbonyl (C=O) groups excluding carboxylic acids is 2. The third kappa shape index (κ3) is 7.89. The molecule has 14 heteroatoms. The Bertz CT molecular complexity index is 1900. The lowest BCUT2D eigenvalue weighted by Gasteiger charge is -2.37. The lowest BCUT2D eigenvalue weighted by Crippen LogP contribution is -2.47. The maximum atomic E-state index is 13.6. The number of methoxy groups -OCH3 is 1. The molecule has 3 aromatic carbocycles. The zero-order valence-electron chi connectivity index (χ0n) is 26.6. The van der Waals surface area contributed by atoms with Crippen molar-refractivity contribution in [3.05, 3.63) is 89.7 Å². The average Bonchev–Trinajstić information content (AvgIpc) is 3.66. The minimum atomic E-state index is -0.605. The van der Waals surface area contributed by atoms with Crippen LogP contribution in [0.15, 0.2) is 67.5 Å². The Morgan fingerprint density at radius 1 is 1.12 bits per heavy atom. The van der Waals surface area contributed by atoms with Crippen LogP contribution in [0.25, 0.3) is 11.6 Å². The zero-order chi connectivity index (χ0) is 34.7. The summed E-state index contributed by atoms with van der Waals surface area (Å²) < 4.78 is 19.6. The fraction of sp³-hybridized carbons (Fsp3) is 0.286. The third-order valence-electron chi connectivity index (χ3n) is 8.40. The van der Waals surface area contributed by atoms with Crippen molar-refractivity contribution < 1.29 is 28.9 Å². The number of amides is 2. The van der Waals surface area contributed by atoms with Gasteiger partial charge in [0.05, 0.1) is 35.0 Å². The Hall–Kier alpha value is -3.27. The molecular formula is C35H33Br3N4O6S. The van der Waals surface area contributed by atoms with Gasteiger partial charge < -0.3 is 34.9 Å². The summed E-state index contributed by atoms with van der Waals surface area (Å²) in [6, 6.07) is 13.2. The molecule has 3 heterocycles. The molecule has 1 unspecified atom stereocenters. The maximum Gasteiger partial charge on any atom is 0.259 e. The number of rotatable bonds is 12. The van der Waals surface area contributed by atoms with Gasteiger partial charge in [-0.05, 0) is 110 Å². The fourth-order valence-corrected chi connectivity index (χ4v) is 8.21. The van der Waals surface area contributed by atoms with Gasteiger partial charge in [0.1, 0.15) is 12.4 Å². The Labute approximate surface area is 313 Å². The molecule has 0 radical (unpaired) electrons. The highest BCUT2D eigenvalue weighted by atomic mass is 79.9. The van der Waals surface area contributed by atoms with Crippen LogP contribution in [0.3, 0.4) is 0 Å². The van der Waals surface area contributed by atoms with Crippen molar-refractivity contribution in [1.82, 2.24) is 10.3 Å². The summed E-state index contributed by atoms with van der Waals surface area (Å²) in [5.41, 5.74) is 4.40. The molecule has 256 valence electrons. The molecule has 49 heavy (non-hydrogen) atoms. The third-order valence-corrected chi connectivity index (χ3v) is 10.8. The summed E-state index contributed by atoms with van der Waals surface area (Å²) in [4.78, 5) is 32.4. The molecule has 2 aliphatic rings. The number of benzene rings is 3. The Morgan fingerprint density at radius 3 is 2.65 bits per heavy atom. The summed E-state index contributed by atoms with van der Waals surface area (Å²) in [6.07, 6.45) is 4.50. The first kappa shape index (κ1) is 35.6. The second-order valence-electron chi connectivity index (χ2n) is 11.7. The van der Waals surface area contributed by atoms with Crippen molar-refractivity contribution in [2.45, 2.75) is 25.3 Å². The van der Waals surface area contributed by atoms with Crippen LogP contribution in [-0.2, 0) is 26.3 Å². The number of nitrogens with zero attached hydrogens (tertiary/aromatic N) is 2. The molecule has 3 N–H and O–H groups in total. The van der Waals surface area contributed by atoms with Gasteiger partial charge in [0.25, 0.3) is 5.91 Å². The number of carbonyl (C=O) groups is 2. The second kappa shape index (κ2) is 15.3. The molecule has 1 atom stereocenters. The zero-order valence-corrected chi connectivity index (χ0v) is 32.2. The van der Waals surface area contributed by atoms with Gasteiger partial charge in [-0.25, -0.2) is 4.98 Å². The molecule has 1 aromatic heterocycles. The van der Waals surface area contributed by atoms with Gasteiger partial charge in [0, 0.05) is 52.2 Å². The second-order valence-corrected chi connectivity index (χ2v) is 15.2. The van der Waals surface area contributed by atoms with E-state index in [0.717, 1.165) is 45.4 Å². The van der Waals surface area contributed by atoms with E-state index in [2.05, 4.69) is 63.4 Å². The molecule has 2 aliphatic heterocycles. The van der Waals surface area contributed by atoms with Crippen LogP contribution in [0, 0.1) is 0 Å². The van der Waals surface area contributed by atoms with E-state index in [0.29, 0.717) is 50.9 Å². The first-order valence-corrected chi connectivity index (χ1v) is 18.7. The van der Waals surface area contributed by atoms with Crippen molar-refractivity contribution in [1.29, 1.82) is 0 Å². The lowest BCUT2D eigenvalue weighted by molar-refractivity contribution is -0.117. The van der Waals surface area contributed by atoms with E-state index in [4.69, 9.17) is 14.2 Å². The van der Waals surface area contributed by atoms with Crippen LogP contribution in [-0.4, -0.2) is 61.9 Å². The topological polar surface area (TPSA) is 122 Å². The fourth-order valence-electron chi connectivity index (χ4n) is 6.09. The van der Waals surface area contributed by atoms with Crippen LogP contribution in [0.1, 0.15) is 35.6 Å². The Kier molecular flexibility index (Phi) is 11.1. The summed E-state index contributed by atoms with van der Waals surface area (Å²) in [6.45, 7) is 3.95. The van der Waals surface area contributed by atoms with Crippen molar-refractivity contribution in [3.8, 4) is 17.2 Å². The highest BCUT2D eigenvalue weighted by Crippen LogP contribution is 2.42. The number of aromatic hydroxyl groups is 1. The molecule has 0 spiro atoms. The van der Waals surface area contributed by atoms with Gasteiger partial charge in [0.2, 0.25) is 5.91 Å². The highest BCUT2D eigenvalue weighted by molar-refractivity contribution is 9.11. The van der Waals surface area contributed by atoms with Gasteiger partial charge in [-0.2, -0.15) is 0 Å². The molecule has 0 saturated heterocycles. The van der Waals surface area contributed by atoms with Crippen molar-refractivity contribution in [2.24, 2.45) is 0 Å². The molecular weight excluding hydrogens is 844 g/mol. The van der Waals surface area contributed by atoms with Gasteiger partial charge in [0.15, 0.2) is 16.6 Å². The number of nitrogens with one attached hydrogen (secondary N) is 2. The van der Waals surface area contributed by atoms with Crippen molar-refractivity contribution in [3.63, 3.8) is 0 Å². The van der Waals surface area contributed by atoms with E-state index in [1.807, 2.05) is 48.7 Å². The summed E-state index contributed by atoms with van der Waals surface area (Å²) in [7, 11) is 1.61. The van der Waals surface area contributed by atoms with E-state index in [1.165, 1.54) is 11.3 Å². The van der Waals surface area contributed by atoms with Gasteiger partial charge in [-0.15, -0.1) is 11.3 Å². The number of fused-ring (bicyclic) bond motifs is 2. The number of ether oxygens (including phenoxy) is 3. The number of hydrogen-bond acceptors (Lipinski definition) is 9. The molecule has 10 nitrogen and oxygen atoms in total. The number of phenols is 1. The predicted octanol–water partition coefficient (Wildman–Crippen LogP) is 7.52.